The van der Waals surface area contributed by atoms with Crippen LogP contribution in [-0.4, -0.2) is 22.8 Å². The van der Waals surface area contributed by atoms with E-state index in [1.807, 2.05) is 24.3 Å². The van der Waals surface area contributed by atoms with E-state index >= 15 is 0 Å². The number of rotatable bonds is 3. The first-order valence-electron chi connectivity index (χ1n) is 5.68. The van der Waals surface area contributed by atoms with E-state index < -0.39 is 0 Å². The van der Waals surface area contributed by atoms with Crippen LogP contribution in [0, 0.1) is 0 Å². The third kappa shape index (κ3) is 3.78. The number of aromatic nitrogens is 1. The van der Waals surface area contributed by atoms with Crippen molar-refractivity contribution in [3.05, 3.63) is 63.3 Å². The molecule has 0 aliphatic carbocycles. The Morgan fingerprint density at radius 1 is 1.26 bits per heavy atom. The molecule has 1 amide bonds. The lowest BCUT2D eigenvalue weighted by Gasteiger charge is -2.17. The van der Waals surface area contributed by atoms with E-state index in [0.717, 1.165) is 10.0 Å². The van der Waals surface area contributed by atoms with Gasteiger partial charge in [0.25, 0.3) is 5.91 Å². The Hall–Kier alpha value is -1.39. The zero-order chi connectivity index (χ0) is 13.8. The summed E-state index contributed by atoms with van der Waals surface area (Å²) in [5.41, 5.74) is 1.60. The van der Waals surface area contributed by atoms with Gasteiger partial charge in [0.15, 0.2) is 0 Å². The highest BCUT2D eigenvalue weighted by Crippen LogP contribution is 2.13. The molecule has 0 aliphatic heterocycles. The van der Waals surface area contributed by atoms with E-state index in [4.69, 9.17) is 11.6 Å². The van der Waals surface area contributed by atoms with Crippen LogP contribution in [0.25, 0.3) is 0 Å². The van der Waals surface area contributed by atoms with Gasteiger partial charge in [0.1, 0.15) is 5.15 Å². The lowest BCUT2D eigenvalue weighted by atomic mass is 10.2. The molecule has 1 aromatic heterocycles. The summed E-state index contributed by atoms with van der Waals surface area (Å²) in [4.78, 5) is 17.7. The van der Waals surface area contributed by atoms with Crippen LogP contribution in [0.2, 0.25) is 5.15 Å². The maximum Gasteiger partial charge on any atom is 0.255 e. The quantitative estimate of drug-likeness (QED) is 0.798. The summed E-state index contributed by atoms with van der Waals surface area (Å²) in [6.07, 6.45) is 1.49. The molecular formula is C14H12BrClN2O. The smallest absolute Gasteiger partial charge is 0.255 e. The molecular weight excluding hydrogens is 328 g/mol. The topological polar surface area (TPSA) is 33.2 Å². The van der Waals surface area contributed by atoms with Crippen molar-refractivity contribution in [1.29, 1.82) is 0 Å². The molecule has 19 heavy (non-hydrogen) atoms. The van der Waals surface area contributed by atoms with E-state index in [9.17, 15) is 4.79 Å². The van der Waals surface area contributed by atoms with Crippen LogP contribution < -0.4 is 0 Å². The Kier molecular flexibility index (Phi) is 4.56. The van der Waals surface area contributed by atoms with Gasteiger partial charge in [-0.2, -0.15) is 0 Å². The van der Waals surface area contributed by atoms with Crippen molar-refractivity contribution < 1.29 is 4.79 Å². The first-order valence-corrected chi connectivity index (χ1v) is 6.85. The van der Waals surface area contributed by atoms with E-state index in [0.29, 0.717) is 17.3 Å². The molecule has 0 bridgehead atoms. The van der Waals surface area contributed by atoms with Crippen molar-refractivity contribution in [2.24, 2.45) is 0 Å². The molecule has 5 heteroatoms. The summed E-state index contributed by atoms with van der Waals surface area (Å²) in [6.45, 7) is 0.550. The number of pyridine rings is 1. The maximum atomic E-state index is 12.2. The largest absolute Gasteiger partial charge is 0.337 e. The summed E-state index contributed by atoms with van der Waals surface area (Å²) in [5, 5.41) is 0.382. The second kappa shape index (κ2) is 6.17. The van der Waals surface area contributed by atoms with E-state index in [-0.39, 0.29) is 5.91 Å². The molecule has 0 saturated carbocycles. The highest BCUT2D eigenvalue weighted by atomic mass is 79.9. The second-order valence-corrected chi connectivity index (χ2v) is 5.46. The summed E-state index contributed by atoms with van der Waals surface area (Å²) in [6, 6.07) is 11.2. The highest BCUT2D eigenvalue weighted by Gasteiger charge is 2.12. The second-order valence-electron chi connectivity index (χ2n) is 4.16. The molecule has 2 aromatic rings. The van der Waals surface area contributed by atoms with Gasteiger partial charge in [0, 0.05) is 24.3 Å². The van der Waals surface area contributed by atoms with Crippen molar-refractivity contribution >= 4 is 33.4 Å². The fourth-order valence-electron chi connectivity index (χ4n) is 1.66. The summed E-state index contributed by atoms with van der Waals surface area (Å²) in [7, 11) is 1.76. The minimum absolute atomic E-state index is 0.0768. The zero-order valence-electron chi connectivity index (χ0n) is 10.3. The minimum atomic E-state index is -0.0768. The molecule has 0 radical (unpaired) electrons. The predicted octanol–water partition coefficient (Wildman–Crippen LogP) is 3.77. The third-order valence-corrected chi connectivity index (χ3v) is 3.41. The molecule has 0 spiro atoms. The van der Waals surface area contributed by atoms with Gasteiger partial charge in [-0.3, -0.25) is 4.79 Å². The first-order chi connectivity index (χ1) is 9.06. The fraction of sp³-hybridized carbons (Fsp3) is 0.143. The Bertz CT molecular complexity index is 569. The molecule has 0 saturated heterocycles. The normalized spacial score (nSPS) is 10.3. The fourth-order valence-corrected chi connectivity index (χ4v) is 2.03. The summed E-state index contributed by atoms with van der Waals surface area (Å²) < 4.78 is 1.02. The van der Waals surface area contributed by atoms with Gasteiger partial charge < -0.3 is 4.90 Å². The summed E-state index contributed by atoms with van der Waals surface area (Å²) >= 11 is 9.08. The number of benzene rings is 1. The van der Waals surface area contributed by atoms with Crippen molar-refractivity contribution in [3.8, 4) is 0 Å². The zero-order valence-corrected chi connectivity index (χ0v) is 12.6. The number of hydrogen-bond acceptors (Lipinski definition) is 2. The molecule has 1 aromatic carbocycles. The van der Waals surface area contributed by atoms with Crippen LogP contribution in [0.3, 0.4) is 0 Å². The van der Waals surface area contributed by atoms with Gasteiger partial charge in [-0.15, -0.1) is 0 Å². The van der Waals surface area contributed by atoms with Crippen LogP contribution in [0.15, 0.2) is 47.1 Å². The Balaban J connectivity index is 2.07. The lowest BCUT2D eigenvalue weighted by Crippen LogP contribution is -2.26. The average Bonchev–Trinajstić information content (AvgIpc) is 2.41. The van der Waals surface area contributed by atoms with Gasteiger partial charge in [-0.25, -0.2) is 4.98 Å². The molecule has 0 fully saturated rings. The third-order valence-electron chi connectivity index (χ3n) is 2.65. The maximum absolute atomic E-state index is 12.2. The van der Waals surface area contributed by atoms with E-state index in [2.05, 4.69) is 20.9 Å². The molecule has 3 nitrogen and oxygen atoms in total. The number of halogens is 2. The molecule has 0 N–H and O–H groups in total. The number of hydrogen-bond donors (Lipinski definition) is 0. The molecule has 0 aliphatic rings. The number of nitrogens with zero attached hydrogens (tertiary/aromatic N) is 2. The Labute approximate surface area is 125 Å². The average molecular weight is 340 g/mol. The van der Waals surface area contributed by atoms with Gasteiger partial charge >= 0.3 is 0 Å². The van der Waals surface area contributed by atoms with Crippen LogP contribution in [0.1, 0.15) is 15.9 Å². The van der Waals surface area contributed by atoms with Crippen LogP contribution in [-0.2, 0) is 6.54 Å². The van der Waals surface area contributed by atoms with Crippen LogP contribution >= 0.6 is 27.5 Å². The Morgan fingerprint density at radius 3 is 2.53 bits per heavy atom. The minimum Gasteiger partial charge on any atom is -0.337 e. The SMILES string of the molecule is CN(Cc1ccc(Br)cc1)C(=O)c1ccc(Cl)nc1. The summed E-state index contributed by atoms with van der Waals surface area (Å²) in [5.74, 6) is -0.0768. The lowest BCUT2D eigenvalue weighted by molar-refractivity contribution is 0.0784. The molecule has 0 unspecified atom stereocenters. The monoisotopic (exact) mass is 338 g/mol. The predicted molar refractivity (Wildman–Crippen MR) is 79.2 cm³/mol. The number of amides is 1. The van der Waals surface area contributed by atoms with Gasteiger partial charge in [-0.05, 0) is 29.8 Å². The highest BCUT2D eigenvalue weighted by molar-refractivity contribution is 9.10. The number of carbonyl (C=O) groups excluding carboxylic acids is 1. The Morgan fingerprint density at radius 2 is 1.95 bits per heavy atom. The van der Waals surface area contributed by atoms with Crippen molar-refractivity contribution in [2.45, 2.75) is 6.54 Å². The van der Waals surface area contributed by atoms with Crippen LogP contribution in [0.4, 0.5) is 0 Å². The molecule has 2 rings (SSSR count). The van der Waals surface area contributed by atoms with E-state index in [1.54, 1.807) is 24.1 Å². The molecule has 1 heterocycles. The van der Waals surface area contributed by atoms with E-state index in [1.165, 1.54) is 6.20 Å². The van der Waals surface area contributed by atoms with Gasteiger partial charge in [-0.1, -0.05) is 39.7 Å². The van der Waals surface area contributed by atoms with Gasteiger partial charge in [0.05, 0.1) is 5.56 Å². The van der Waals surface area contributed by atoms with Gasteiger partial charge in [0.2, 0.25) is 0 Å². The standard InChI is InChI=1S/C14H12BrClN2O/c1-18(9-10-2-5-12(15)6-3-10)14(19)11-4-7-13(16)17-8-11/h2-8H,9H2,1H3. The molecule has 0 atom stereocenters. The number of carbonyl (C=O) groups is 1. The van der Waals surface area contributed by atoms with Crippen LogP contribution in [0.5, 0.6) is 0 Å². The van der Waals surface area contributed by atoms with Crippen molar-refractivity contribution in [3.63, 3.8) is 0 Å². The van der Waals surface area contributed by atoms with Crippen molar-refractivity contribution in [2.75, 3.05) is 7.05 Å². The van der Waals surface area contributed by atoms with Crippen molar-refractivity contribution in [1.82, 2.24) is 9.88 Å². The first kappa shape index (κ1) is 14.0. The molecule has 98 valence electrons.